The number of anilines is 1. The molecule has 0 spiro atoms. The Morgan fingerprint density at radius 2 is 2.05 bits per heavy atom. The Hall–Kier alpha value is -2.37. The molecule has 6 heteroatoms. The Morgan fingerprint density at radius 3 is 2.75 bits per heavy atom. The van der Waals surface area contributed by atoms with Crippen LogP contribution in [0, 0.1) is 5.82 Å². The average Bonchev–Trinajstić information content (AvgIpc) is 2.47. The lowest BCUT2D eigenvalue weighted by atomic mass is 10.3. The third-order valence-electron chi connectivity index (χ3n) is 2.56. The molecule has 0 amide bonds. The van der Waals surface area contributed by atoms with Gasteiger partial charge in [0.2, 0.25) is 5.75 Å². The molecule has 0 fully saturated rings. The number of nitrogens with zero attached hydrogens (tertiary/aromatic N) is 2. The molecule has 1 aromatic heterocycles. The molecular formula is C14H16FN3O2. The fourth-order valence-corrected chi connectivity index (χ4v) is 1.62. The Morgan fingerprint density at radius 1 is 1.25 bits per heavy atom. The van der Waals surface area contributed by atoms with Crippen LogP contribution in [0.3, 0.4) is 0 Å². The minimum Gasteiger partial charge on any atom is -0.489 e. The molecule has 0 aliphatic heterocycles. The van der Waals surface area contributed by atoms with Gasteiger partial charge in [0.05, 0.1) is 7.11 Å². The molecule has 0 atom stereocenters. The largest absolute Gasteiger partial charge is 0.489 e. The zero-order valence-corrected chi connectivity index (χ0v) is 11.4. The second kappa shape index (κ2) is 6.70. The lowest BCUT2D eigenvalue weighted by Crippen LogP contribution is -2.06. The lowest BCUT2D eigenvalue weighted by Gasteiger charge is -2.13. The van der Waals surface area contributed by atoms with Gasteiger partial charge in [-0.2, -0.15) is 4.98 Å². The van der Waals surface area contributed by atoms with Gasteiger partial charge in [-0.1, -0.05) is 19.1 Å². The van der Waals surface area contributed by atoms with Crippen LogP contribution in [0.1, 0.15) is 13.3 Å². The van der Waals surface area contributed by atoms with Crippen molar-refractivity contribution in [1.29, 1.82) is 0 Å². The third-order valence-corrected chi connectivity index (χ3v) is 2.56. The minimum absolute atomic E-state index is 0.0888. The monoisotopic (exact) mass is 277 g/mol. The molecule has 2 rings (SSSR count). The van der Waals surface area contributed by atoms with Crippen LogP contribution >= 0.6 is 0 Å². The van der Waals surface area contributed by atoms with Crippen molar-refractivity contribution >= 4 is 5.82 Å². The van der Waals surface area contributed by atoms with E-state index < -0.39 is 5.82 Å². The number of rotatable bonds is 6. The van der Waals surface area contributed by atoms with E-state index in [0.717, 1.165) is 13.0 Å². The highest BCUT2D eigenvalue weighted by Gasteiger charge is 2.15. The lowest BCUT2D eigenvalue weighted by molar-refractivity contribution is 0.360. The van der Waals surface area contributed by atoms with Gasteiger partial charge in [0.25, 0.3) is 5.88 Å². The Kier molecular flexibility index (Phi) is 4.70. The first-order chi connectivity index (χ1) is 9.76. The zero-order valence-electron chi connectivity index (χ0n) is 11.4. The number of halogens is 1. The fourth-order valence-electron chi connectivity index (χ4n) is 1.62. The number of ether oxygens (including phenoxy) is 2. The van der Waals surface area contributed by atoms with Crippen LogP contribution in [-0.2, 0) is 0 Å². The molecule has 1 heterocycles. The number of nitrogens with one attached hydrogen (secondary N) is 1. The van der Waals surface area contributed by atoms with E-state index >= 15 is 0 Å². The smallest absolute Gasteiger partial charge is 0.268 e. The predicted molar refractivity (Wildman–Crippen MR) is 73.8 cm³/mol. The maximum absolute atomic E-state index is 13.6. The van der Waals surface area contributed by atoms with Gasteiger partial charge in [-0.15, -0.1) is 0 Å². The van der Waals surface area contributed by atoms with E-state index in [1.165, 1.54) is 25.6 Å². The molecule has 0 saturated carbocycles. The SMILES string of the molecule is CCCNc1ncnc(Oc2ccccc2F)c1OC. The standard InChI is InChI=1S/C14H16FN3O2/c1-3-8-16-13-12(19-2)14(18-9-17-13)20-11-7-5-4-6-10(11)15/h4-7,9H,3,8H2,1-2H3,(H,16,17,18). The van der Waals surface area contributed by atoms with E-state index in [1.54, 1.807) is 12.1 Å². The van der Waals surface area contributed by atoms with E-state index in [1.807, 2.05) is 6.92 Å². The number of methoxy groups -OCH3 is 1. The topological polar surface area (TPSA) is 56.3 Å². The van der Waals surface area contributed by atoms with Crippen molar-refractivity contribution in [2.24, 2.45) is 0 Å². The molecule has 2 aromatic rings. The normalized spacial score (nSPS) is 10.2. The molecule has 0 saturated heterocycles. The molecule has 5 nitrogen and oxygen atoms in total. The zero-order chi connectivity index (χ0) is 14.4. The third kappa shape index (κ3) is 3.14. The second-order valence-electron chi connectivity index (χ2n) is 4.02. The average molecular weight is 277 g/mol. The van der Waals surface area contributed by atoms with E-state index in [9.17, 15) is 4.39 Å². The first-order valence-electron chi connectivity index (χ1n) is 6.31. The first kappa shape index (κ1) is 14.0. The Labute approximate surface area is 116 Å². The summed E-state index contributed by atoms with van der Waals surface area (Å²) in [7, 11) is 1.49. The van der Waals surface area contributed by atoms with Crippen molar-refractivity contribution in [1.82, 2.24) is 9.97 Å². The predicted octanol–water partition coefficient (Wildman–Crippen LogP) is 3.24. The van der Waals surface area contributed by atoms with Crippen molar-refractivity contribution < 1.29 is 13.9 Å². The van der Waals surface area contributed by atoms with Gasteiger partial charge in [-0.25, -0.2) is 9.37 Å². The van der Waals surface area contributed by atoms with Crippen LogP contribution in [0.2, 0.25) is 0 Å². The van der Waals surface area contributed by atoms with E-state index in [4.69, 9.17) is 9.47 Å². The number of hydrogen-bond donors (Lipinski definition) is 1. The van der Waals surface area contributed by atoms with Gasteiger partial charge in [-0.05, 0) is 18.6 Å². The molecule has 0 aliphatic carbocycles. The Balaban J connectivity index is 2.29. The molecule has 1 aromatic carbocycles. The van der Waals surface area contributed by atoms with Crippen LogP contribution in [0.15, 0.2) is 30.6 Å². The van der Waals surface area contributed by atoms with Crippen molar-refractivity contribution in [3.8, 4) is 17.4 Å². The summed E-state index contributed by atoms with van der Waals surface area (Å²) in [5.41, 5.74) is 0. The summed E-state index contributed by atoms with van der Waals surface area (Å²) in [6.45, 7) is 2.78. The number of aromatic nitrogens is 2. The van der Waals surface area contributed by atoms with Crippen LogP contribution in [0.25, 0.3) is 0 Å². The van der Waals surface area contributed by atoms with Crippen LogP contribution in [0.5, 0.6) is 17.4 Å². The molecule has 106 valence electrons. The summed E-state index contributed by atoms with van der Waals surface area (Å²) in [6.07, 6.45) is 2.29. The van der Waals surface area contributed by atoms with Gasteiger partial charge >= 0.3 is 0 Å². The summed E-state index contributed by atoms with van der Waals surface area (Å²) >= 11 is 0. The molecular weight excluding hydrogens is 261 g/mol. The van der Waals surface area contributed by atoms with Gasteiger partial charge < -0.3 is 14.8 Å². The number of para-hydroxylation sites is 1. The maximum Gasteiger partial charge on any atom is 0.268 e. The Bertz CT molecular complexity index is 578. The van der Waals surface area contributed by atoms with Gasteiger partial charge in [-0.3, -0.25) is 0 Å². The molecule has 0 aliphatic rings. The second-order valence-corrected chi connectivity index (χ2v) is 4.02. The van der Waals surface area contributed by atoms with Gasteiger partial charge in [0, 0.05) is 6.54 Å². The highest BCUT2D eigenvalue weighted by atomic mass is 19.1. The molecule has 0 radical (unpaired) electrons. The summed E-state index contributed by atoms with van der Waals surface area (Å²) in [5, 5.41) is 3.10. The van der Waals surface area contributed by atoms with E-state index in [-0.39, 0.29) is 11.6 Å². The van der Waals surface area contributed by atoms with Crippen molar-refractivity contribution in [2.45, 2.75) is 13.3 Å². The van der Waals surface area contributed by atoms with Crippen LogP contribution in [0.4, 0.5) is 10.2 Å². The quantitative estimate of drug-likeness (QED) is 0.878. The summed E-state index contributed by atoms with van der Waals surface area (Å²) < 4.78 is 24.3. The summed E-state index contributed by atoms with van der Waals surface area (Å²) in [5.74, 6) is 0.674. The highest BCUT2D eigenvalue weighted by Crippen LogP contribution is 2.34. The van der Waals surface area contributed by atoms with Crippen molar-refractivity contribution in [2.75, 3.05) is 19.0 Å². The van der Waals surface area contributed by atoms with E-state index in [0.29, 0.717) is 11.6 Å². The van der Waals surface area contributed by atoms with Crippen molar-refractivity contribution in [3.63, 3.8) is 0 Å². The van der Waals surface area contributed by atoms with E-state index in [2.05, 4.69) is 15.3 Å². The molecule has 20 heavy (non-hydrogen) atoms. The minimum atomic E-state index is -0.462. The number of hydrogen-bond acceptors (Lipinski definition) is 5. The summed E-state index contributed by atoms with van der Waals surface area (Å²) in [6, 6.07) is 6.12. The maximum atomic E-state index is 13.6. The fraction of sp³-hybridized carbons (Fsp3) is 0.286. The number of benzene rings is 1. The van der Waals surface area contributed by atoms with Crippen molar-refractivity contribution in [3.05, 3.63) is 36.4 Å². The highest BCUT2D eigenvalue weighted by molar-refractivity contribution is 5.55. The molecule has 0 unspecified atom stereocenters. The molecule has 1 N–H and O–H groups in total. The van der Waals surface area contributed by atoms with Gasteiger partial charge in [0.1, 0.15) is 6.33 Å². The molecule has 0 bridgehead atoms. The van der Waals surface area contributed by atoms with Crippen LogP contribution < -0.4 is 14.8 Å². The summed E-state index contributed by atoms with van der Waals surface area (Å²) in [4.78, 5) is 8.08. The van der Waals surface area contributed by atoms with Gasteiger partial charge in [0.15, 0.2) is 17.4 Å². The van der Waals surface area contributed by atoms with Crippen LogP contribution in [-0.4, -0.2) is 23.6 Å². The first-order valence-corrected chi connectivity index (χ1v) is 6.31.